The molecule has 4 nitrogen and oxygen atoms in total. The Balaban J connectivity index is 1.59. The maximum Gasteiger partial charge on any atom is 0.422 e. The average molecular weight is 369 g/mol. The second-order valence-electron chi connectivity index (χ2n) is 5.85. The van der Waals surface area contributed by atoms with E-state index in [0.717, 1.165) is 29.4 Å². The predicted octanol–water partition coefficient (Wildman–Crippen LogP) is 4.57. The van der Waals surface area contributed by atoms with Gasteiger partial charge in [-0.25, -0.2) is 0 Å². The van der Waals surface area contributed by atoms with E-state index in [1.165, 1.54) is 0 Å². The van der Waals surface area contributed by atoms with Crippen LogP contribution in [0, 0.1) is 0 Å². The fraction of sp³-hybridized carbons (Fsp3) is 0.412. The quantitative estimate of drug-likeness (QED) is 0.505. The van der Waals surface area contributed by atoms with Gasteiger partial charge in [-0.15, -0.1) is 16.8 Å². The Morgan fingerprint density at radius 3 is 2.56 bits per heavy atom. The van der Waals surface area contributed by atoms with Gasteiger partial charge in [-0.05, 0) is 30.5 Å². The molecule has 1 aromatic heterocycles. The number of halogens is 3. The lowest BCUT2D eigenvalue weighted by molar-refractivity contribution is -0.153. The number of benzene rings is 1. The summed E-state index contributed by atoms with van der Waals surface area (Å²) in [5.41, 5.74) is 0.977. The Kier molecular flexibility index (Phi) is 5.36. The van der Waals surface area contributed by atoms with Crippen molar-refractivity contribution in [3.8, 4) is 5.75 Å². The molecule has 0 atom stereocenters. The van der Waals surface area contributed by atoms with Crippen LogP contribution in [0.4, 0.5) is 13.2 Å². The molecular formula is C17H18F3N3OS. The van der Waals surface area contributed by atoms with Gasteiger partial charge in [0.05, 0.1) is 0 Å². The highest BCUT2D eigenvalue weighted by Gasteiger charge is 2.30. The van der Waals surface area contributed by atoms with Crippen LogP contribution in [0.2, 0.25) is 0 Å². The van der Waals surface area contributed by atoms with Crippen molar-refractivity contribution in [2.24, 2.45) is 0 Å². The zero-order valence-corrected chi connectivity index (χ0v) is 14.3. The first kappa shape index (κ1) is 17.8. The van der Waals surface area contributed by atoms with E-state index in [2.05, 4.69) is 21.3 Å². The number of thioether (sulfide) groups is 1. The van der Waals surface area contributed by atoms with Crippen LogP contribution in [-0.4, -0.2) is 27.5 Å². The summed E-state index contributed by atoms with van der Waals surface area (Å²) in [4.78, 5) is 0. The van der Waals surface area contributed by atoms with Crippen molar-refractivity contribution in [1.29, 1.82) is 0 Å². The van der Waals surface area contributed by atoms with Gasteiger partial charge in [0, 0.05) is 18.2 Å². The Labute approximate surface area is 148 Å². The van der Waals surface area contributed by atoms with Gasteiger partial charge >= 0.3 is 6.18 Å². The molecule has 1 fully saturated rings. The molecule has 0 aliphatic heterocycles. The Morgan fingerprint density at radius 1 is 1.24 bits per heavy atom. The largest absolute Gasteiger partial charge is 0.484 e. The first-order valence-corrected chi connectivity index (χ1v) is 8.90. The Bertz CT molecular complexity index is 724. The van der Waals surface area contributed by atoms with E-state index in [1.54, 1.807) is 36.0 Å². The van der Waals surface area contributed by atoms with Crippen molar-refractivity contribution in [3.63, 3.8) is 0 Å². The van der Waals surface area contributed by atoms with Crippen LogP contribution in [0.15, 0.2) is 42.1 Å². The molecule has 0 amide bonds. The van der Waals surface area contributed by atoms with Gasteiger partial charge in [0.15, 0.2) is 11.8 Å². The van der Waals surface area contributed by atoms with E-state index >= 15 is 0 Å². The second-order valence-corrected chi connectivity index (χ2v) is 6.79. The fourth-order valence-corrected chi connectivity index (χ4v) is 3.26. The molecular weight excluding hydrogens is 351 g/mol. The van der Waals surface area contributed by atoms with E-state index in [9.17, 15) is 13.2 Å². The molecule has 1 aromatic carbocycles. The fourth-order valence-electron chi connectivity index (χ4n) is 2.35. The lowest BCUT2D eigenvalue weighted by atomic mass is 10.2. The monoisotopic (exact) mass is 369 g/mol. The number of aromatic nitrogens is 3. The number of hydrogen-bond donors (Lipinski definition) is 0. The third-order valence-corrected chi connectivity index (χ3v) is 4.73. The van der Waals surface area contributed by atoms with Gasteiger partial charge < -0.3 is 9.30 Å². The average Bonchev–Trinajstić information content (AvgIpc) is 3.34. The minimum absolute atomic E-state index is 0.205. The molecule has 0 spiro atoms. The molecule has 25 heavy (non-hydrogen) atoms. The SMILES string of the molecule is C=CCn1c(SCc2ccc(OCC(F)(F)F)cc2)nnc1C1CC1. The molecule has 1 aliphatic rings. The van der Waals surface area contributed by atoms with Gasteiger partial charge in [0.2, 0.25) is 0 Å². The zero-order chi connectivity index (χ0) is 17.9. The van der Waals surface area contributed by atoms with E-state index in [0.29, 0.717) is 18.2 Å². The molecule has 2 aromatic rings. The number of allylic oxidation sites excluding steroid dienone is 1. The number of ether oxygens (including phenoxy) is 1. The molecule has 1 aliphatic carbocycles. The molecule has 1 saturated carbocycles. The van der Waals surface area contributed by atoms with Gasteiger partial charge in [0.25, 0.3) is 0 Å². The highest BCUT2D eigenvalue weighted by Crippen LogP contribution is 2.40. The first-order chi connectivity index (χ1) is 12.0. The molecule has 0 N–H and O–H groups in total. The van der Waals surface area contributed by atoms with Crippen LogP contribution in [0.5, 0.6) is 5.75 Å². The summed E-state index contributed by atoms with van der Waals surface area (Å²) in [6.45, 7) is 3.17. The molecule has 0 unspecified atom stereocenters. The molecule has 134 valence electrons. The molecule has 1 heterocycles. The smallest absolute Gasteiger partial charge is 0.422 e. The topological polar surface area (TPSA) is 39.9 Å². The van der Waals surface area contributed by atoms with Crippen LogP contribution in [0.25, 0.3) is 0 Å². The lowest BCUT2D eigenvalue weighted by Crippen LogP contribution is -2.19. The molecule has 0 radical (unpaired) electrons. The minimum atomic E-state index is -4.33. The summed E-state index contributed by atoms with van der Waals surface area (Å²) in [5.74, 6) is 2.38. The van der Waals surface area contributed by atoms with Crippen LogP contribution in [-0.2, 0) is 12.3 Å². The zero-order valence-electron chi connectivity index (χ0n) is 13.5. The molecule has 8 heteroatoms. The highest BCUT2D eigenvalue weighted by atomic mass is 32.2. The third kappa shape index (κ3) is 5.01. The Hall–Kier alpha value is -1.96. The van der Waals surface area contributed by atoms with Gasteiger partial charge in [-0.1, -0.05) is 30.0 Å². The van der Waals surface area contributed by atoms with Gasteiger partial charge in [0.1, 0.15) is 11.6 Å². The number of hydrogen-bond acceptors (Lipinski definition) is 4. The lowest BCUT2D eigenvalue weighted by Gasteiger charge is -2.10. The van der Waals surface area contributed by atoms with Crippen LogP contribution in [0.1, 0.15) is 30.1 Å². The summed E-state index contributed by atoms with van der Waals surface area (Å²) < 4.78 is 43.2. The molecule has 0 saturated heterocycles. The van der Waals surface area contributed by atoms with Gasteiger partial charge in [-0.3, -0.25) is 0 Å². The van der Waals surface area contributed by atoms with Gasteiger partial charge in [-0.2, -0.15) is 13.2 Å². The van der Waals surface area contributed by atoms with Crippen LogP contribution >= 0.6 is 11.8 Å². The number of rotatable bonds is 8. The van der Waals surface area contributed by atoms with Crippen molar-refractivity contribution in [1.82, 2.24) is 14.8 Å². The van der Waals surface area contributed by atoms with Crippen molar-refractivity contribution >= 4 is 11.8 Å². The normalized spacial score (nSPS) is 14.5. The minimum Gasteiger partial charge on any atom is -0.484 e. The third-order valence-electron chi connectivity index (χ3n) is 3.69. The number of nitrogens with zero attached hydrogens (tertiary/aromatic N) is 3. The van der Waals surface area contributed by atoms with E-state index < -0.39 is 12.8 Å². The van der Waals surface area contributed by atoms with Crippen molar-refractivity contribution < 1.29 is 17.9 Å². The molecule has 3 rings (SSSR count). The standard InChI is InChI=1S/C17H18F3N3OS/c1-2-9-23-15(13-5-6-13)21-22-16(23)25-10-12-3-7-14(8-4-12)24-11-17(18,19)20/h2-4,7-8,13H,1,5-6,9-11H2. The second kappa shape index (κ2) is 7.51. The summed E-state index contributed by atoms with van der Waals surface area (Å²) in [7, 11) is 0. The predicted molar refractivity (Wildman–Crippen MR) is 89.7 cm³/mol. The van der Waals surface area contributed by atoms with Crippen molar-refractivity contribution in [2.75, 3.05) is 6.61 Å². The highest BCUT2D eigenvalue weighted by molar-refractivity contribution is 7.98. The maximum absolute atomic E-state index is 12.1. The first-order valence-electron chi connectivity index (χ1n) is 7.91. The Morgan fingerprint density at radius 2 is 1.96 bits per heavy atom. The van der Waals surface area contributed by atoms with Crippen LogP contribution < -0.4 is 4.74 Å². The summed E-state index contributed by atoms with van der Waals surface area (Å²) in [5, 5.41) is 9.38. The molecule has 0 bridgehead atoms. The summed E-state index contributed by atoms with van der Waals surface area (Å²) >= 11 is 1.55. The maximum atomic E-state index is 12.1. The van der Waals surface area contributed by atoms with Crippen LogP contribution in [0.3, 0.4) is 0 Å². The summed E-state index contributed by atoms with van der Waals surface area (Å²) in [6, 6.07) is 6.61. The summed E-state index contributed by atoms with van der Waals surface area (Å²) in [6.07, 6.45) is -0.201. The van der Waals surface area contributed by atoms with Crippen molar-refractivity contribution in [3.05, 3.63) is 48.3 Å². The number of alkyl halides is 3. The van der Waals surface area contributed by atoms with E-state index in [4.69, 9.17) is 4.74 Å². The van der Waals surface area contributed by atoms with E-state index in [-0.39, 0.29) is 5.75 Å². The van der Waals surface area contributed by atoms with Crippen molar-refractivity contribution in [2.45, 2.75) is 42.4 Å². The van der Waals surface area contributed by atoms with E-state index in [1.807, 2.05) is 6.08 Å².